The van der Waals surface area contributed by atoms with Gasteiger partial charge in [0.1, 0.15) is 21.8 Å². The van der Waals surface area contributed by atoms with Gasteiger partial charge in [-0.05, 0) is 37.1 Å². The van der Waals surface area contributed by atoms with Gasteiger partial charge in [-0.2, -0.15) is 10.2 Å². The molecule has 0 aliphatic rings. The SMILES string of the molecule is CO[C@@H](C)c1c(CC(=O)Cc2ccc(-n3nccn3)c(F)c2)cnc2sc(C)nc12. The van der Waals surface area contributed by atoms with Crippen LogP contribution in [0, 0.1) is 12.7 Å². The molecule has 0 saturated heterocycles. The zero-order chi connectivity index (χ0) is 21.3. The minimum Gasteiger partial charge on any atom is -0.377 e. The molecule has 0 saturated carbocycles. The van der Waals surface area contributed by atoms with Gasteiger partial charge in [-0.15, -0.1) is 4.80 Å². The predicted octanol–water partition coefficient (Wildman–Crippen LogP) is 3.78. The molecule has 154 valence electrons. The number of nitrogens with zero attached hydrogens (tertiary/aromatic N) is 5. The summed E-state index contributed by atoms with van der Waals surface area (Å²) in [6, 6.07) is 4.63. The molecule has 0 spiro atoms. The van der Waals surface area contributed by atoms with Gasteiger partial charge in [-0.1, -0.05) is 17.4 Å². The number of methoxy groups -OCH3 is 1. The lowest BCUT2D eigenvalue weighted by Crippen LogP contribution is -2.12. The Kier molecular flexibility index (Phi) is 5.65. The maximum atomic E-state index is 14.4. The first-order valence-electron chi connectivity index (χ1n) is 9.40. The number of halogens is 1. The fourth-order valence-corrected chi connectivity index (χ4v) is 4.19. The summed E-state index contributed by atoms with van der Waals surface area (Å²) in [4.78, 5) is 23.8. The summed E-state index contributed by atoms with van der Waals surface area (Å²) in [7, 11) is 1.63. The van der Waals surface area contributed by atoms with Gasteiger partial charge in [-0.25, -0.2) is 14.4 Å². The fraction of sp³-hybridized carbons (Fsp3) is 0.286. The van der Waals surface area contributed by atoms with Gasteiger partial charge in [-0.3, -0.25) is 4.79 Å². The molecule has 0 N–H and O–H groups in total. The molecule has 3 aromatic heterocycles. The van der Waals surface area contributed by atoms with Crippen molar-refractivity contribution in [2.24, 2.45) is 0 Å². The van der Waals surface area contributed by atoms with Crippen molar-refractivity contribution in [3.63, 3.8) is 0 Å². The number of hydrogen-bond donors (Lipinski definition) is 0. The largest absolute Gasteiger partial charge is 0.377 e. The van der Waals surface area contributed by atoms with Gasteiger partial charge in [0.2, 0.25) is 0 Å². The summed E-state index contributed by atoms with van der Waals surface area (Å²) in [5.74, 6) is -0.525. The average molecular weight is 425 g/mol. The zero-order valence-corrected chi connectivity index (χ0v) is 17.6. The van der Waals surface area contributed by atoms with Crippen LogP contribution in [0.1, 0.15) is 34.7 Å². The van der Waals surface area contributed by atoms with Crippen molar-refractivity contribution in [1.29, 1.82) is 0 Å². The van der Waals surface area contributed by atoms with Crippen LogP contribution in [0.5, 0.6) is 0 Å². The van der Waals surface area contributed by atoms with Crippen molar-refractivity contribution < 1.29 is 13.9 Å². The molecule has 0 fully saturated rings. The van der Waals surface area contributed by atoms with Crippen molar-refractivity contribution in [3.8, 4) is 5.69 Å². The smallest absolute Gasteiger partial charge is 0.150 e. The van der Waals surface area contributed by atoms with Crippen LogP contribution in [-0.4, -0.2) is 37.9 Å². The summed E-state index contributed by atoms with van der Waals surface area (Å²) >= 11 is 1.51. The highest BCUT2D eigenvalue weighted by Gasteiger charge is 2.20. The molecule has 9 heteroatoms. The number of benzene rings is 1. The summed E-state index contributed by atoms with van der Waals surface area (Å²) in [5.41, 5.74) is 3.27. The quantitative estimate of drug-likeness (QED) is 0.448. The van der Waals surface area contributed by atoms with Gasteiger partial charge in [0.05, 0.1) is 23.5 Å². The Morgan fingerprint density at radius 3 is 2.73 bits per heavy atom. The van der Waals surface area contributed by atoms with E-state index in [-0.39, 0.29) is 30.4 Å². The van der Waals surface area contributed by atoms with E-state index in [1.807, 2.05) is 13.8 Å². The summed E-state index contributed by atoms with van der Waals surface area (Å²) in [5, 5.41) is 8.77. The van der Waals surface area contributed by atoms with Crippen LogP contribution in [-0.2, 0) is 22.4 Å². The molecular weight excluding hydrogens is 405 g/mol. The van der Waals surface area contributed by atoms with E-state index in [1.165, 1.54) is 34.6 Å². The third-order valence-corrected chi connectivity index (χ3v) is 5.73. The van der Waals surface area contributed by atoms with E-state index in [0.29, 0.717) is 5.56 Å². The normalized spacial score (nSPS) is 12.4. The van der Waals surface area contributed by atoms with Crippen molar-refractivity contribution in [1.82, 2.24) is 25.0 Å². The number of ether oxygens (including phenoxy) is 1. The molecule has 30 heavy (non-hydrogen) atoms. The molecule has 0 bridgehead atoms. The number of pyridine rings is 1. The lowest BCUT2D eigenvalue weighted by molar-refractivity contribution is -0.117. The summed E-state index contributed by atoms with van der Waals surface area (Å²) in [6.07, 6.45) is 4.73. The van der Waals surface area contributed by atoms with Crippen molar-refractivity contribution in [2.75, 3.05) is 7.11 Å². The molecule has 4 rings (SSSR count). The Balaban J connectivity index is 1.57. The Labute approximate surface area is 176 Å². The van der Waals surface area contributed by atoms with E-state index in [2.05, 4.69) is 20.2 Å². The number of hydrogen-bond acceptors (Lipinski definition) is 7. The number of fused-ring (bicyclic) bond motifs is 1. The number of rotatable bonds is 7. The second-order valence-corrected chi connectivity index (χ2v) is 8.14. The van der Waals surface area contributed by atoms with Crippen molar-refractivity contribution >= 4 is 27.5 Å². The van der Waals surface area contributed by atoms with E-state index in [4.69, 9.17) is 4.74 Å². The molecule has 1 atom stereocenters. The van der Waals surface area contributed by atoms with E-state index in [9.17, 15) is 9.18 Å². The number of carbonyl (C=O) groups excluding carboxylic acids is 1. The molecule has 0 aliphatic heterocycles. The molecule has 4 aromatic rings. The van der Waals surface area contributed by atoms with Crippen LogP contribution in [0.4, 0.5) is 4.39 Å². The van der Waals surface area contributed by atoms with Gasteiger partial charge in [0.15, 0.2) is 5.82 Å². The fourth-order valence-electron chi connectivity index (χ4n) is 3.42. The number of aryl methyl sites for hydroxylation is 1. The lowest BCUT2D eigenvalue weighted by atomic mass is 9.97. The lowest BCUT2D eigenvalue weighted by Gasteiger charge is -2.15. The molecular formula is C21H20FN5O2S. The number of aromatic nitrogens is 5. The highest BCUT2D eigenvalue weighted by atomic mass is 32.1. The summed E-state index contributed by atoms with van der Waals surface area (Å²) < 4.78 is 20.0. The Bertz CT molecular complexity index is 1210. The first-order chi connectivity index (χ1) is 14.5. The predicted molar refractivity (Wildman–Crippen MR) is 111 cm³/mol. The minimum atomic E-state index is -0.480. The number of ketones is 1. The molecule has 0 amide bonds. The van der Waals surface area contributed by atoms with Crippen LogP contribution in [0.15, 0.2) is 36.8 Å². The highest BCUT2D eigenvalue weighted by molar-refractivity contribution is 7.18. The van der Waals surface area contributed by atoms with Gasteiger partial charge < -0.3 is 4.74 Å². The first-order valence-corrected chi connectivity index (χ1v) is 10.2. The molecule has 3 heterocycles. The standard InChI is InChI=1S/C21H20FN5O2S/c1-12(29-3)19-15(11-23-21-20(19)26-13(2)30-21)10-16(28)8-14-4-5-18(17(22)9-14)27-24-6-7-25-27/h4-7,9,11-12H,8,10H2,1-3H3/t12-/m0/s1. The van der Waals surface area contributed by atoms with Crippen LogP contribution < -0.4 is 0 Å². The van der Waals surface area contributed by atoms with Crippen LogP contribution in [0.3, 0.4) is 0 Å². The van der Waals surface area contributed by atoms with Crippen LogP contribution in [0.2, 0.25) is 0 Å². The zero-order valence-electron chi connectivity index (χ0n) is 16.8. The third kappa shape index (κ3) is 3.99. The van der Waals surface area contributed by atoms with E-state index in [0.717, 1.165) is 26.5 Å². The van der Waals surface area contributed by atoms with E-state index >= 15 is 0 Å². The first kappa shape index (κ1) is 20.2. The second-order valence-electron chi connectivity index (χ2n) is 6.96. The van der Waals surface area contributed by atoms with E-state index < -0.39 is 5.82 Å². The molecule has 1 aromatic carbocycles. The number of carbonyl (C=O) groups is 1. The van der Waals surface area contributed by atoms with E-state index in [1.54, 1.807) is 25.4 Å². The highest BCUT2D eigenvalue weighted by Crippen LogP contribution is 2.31. The number of Topliss-reactive ketones (excluding diaryl/α,β-unsaturated/α-hetero) is 1. The molecule has 0 aliphatic carbocycles. The Morgan fingerprint density at radius 2 is 2.03 bits per heavy atom. The number of thiazole rings is 1. The van der Waals surface area contributed by atoms with Gasteiger partial charge in [0, 0.05) is 31.7 Å². The molecule has 7 nitrogen and oxygen atoms in total. The Morgan fingerprint density at radius 1 is 1.27 bits per heavy atom. The summed E-state index contributed by atoms with van der Waals surface area (Å²) in [6.45, 7) is 3.85. The molecule has 0 radical (unpaired) electrons. The minimum absolute atomic E-state index is 0.0444. The maximum Gasteiger partial charge on any atom is 0.150 e. The monoisotopic (exact) mass is 425 g/mol. The van der Waals surface area contributed by atoms with Crippen LogP contribution in [0.25, 0.3) is 16.0 Å². The third-order valence-electron chi connectivity index (χ3n) is 4.85. The topological polar surface area (TPSA) is 82.8 Å². The van der Waals surface area contributed by atoms with Gasteiger partial charge >= 0.3 is 0 Å². The average Bonchev–Trinajstić information content (AvgIpc) is 3.36. The van der Waals surface area contributed by atoms with Crippen molar-refractivity contribution in [2.45, 2.75) is 32.8 Å². The van der Waals surface area contributed by atoms with Crippen LogP contribution >= 0.6 is 11.3 Å². The van der Waals surface area contributed by atoms with Crippen molar-refractivity contribution in [3.05, 3.63) is 64.3 Å². The Hall–Kier alpha value is -3.04. The maximum absolute atomic E-state index is 14.4. The second kappa shape index (κ2) is 8.37. The van der Waals surface area contributed by atoms with Gasteiger partial charge in [0.25, 0.3) is 0 Å². The molecule has 0 unspecified atom stereocenters.